The molecule has 3 nitrogen and oxygen atoms in total. The number of halogens is 1. The number of nitrogens with zero attached hydrogens (tertiary/aromatic N) is 1. The van der Waals surface area contributed by atoms with Gasteiger partial charge in [-0.2, -0.15) is 0 Å². The van der Waals surface area contributed by atoms with Crippen LogP contribution < -0.4 is 4.74 Å². The van der Waals surface area contributed by atoms with E-state index in [2.05, 4.69) is 4.90 Å². The quantitative estimate of drug-likeness (QED) is 0.887. The third-order valence-corrected chi connectivity index (χ3v) is 4.25. The van der Waals surface area contributed by atoms with Crippen LogP contribution in [0.25, 0.3) is 0 Å². The zero-order chi connectivity index (χ0) is 16.1. The molecule has 0 radical (unpaired) electrons. The number of benzene rings is 2. The van der Waals surface area contributed by atoms with Gasteiger partial charge in [-0.05, 0) is 49.2 Å². The van der Waals surface area contributed by atoms with Crippen LogP contribution in [0.5, 0.6) is 5.75 Å². The van der Waals surface area contributed by atoms with E-state index < -0.39 is 11.9 Å². The fourth-order valence-corrected chi connectivity index (χ4v) is 2.92. The summed E-state index contributed by atoms with van der Waals surface area (Å²) < 4.78 is 19.7. The third kappa shape index (κ3) is 4.09. The molecule has 1 N–H and O–H groups in total. The second-order valence-electron chi connectivity index (χ2n) is 5.90. The molecule has 4 heteroatoms. The molecule has 1 unspecified atom stereocenters. The van der Waals surface area contributed by atoms with Crippen molar-refractivity contribution in [2.45, 2.75) is 18.9 Å². The number of hydrogen-bond acceptors (Lipinski definition) is 3. The van der Waals surface area contributed by atoms with Gasteiger partial charge in [0.25, 0.3) is 0 Å². The first-order valence-corrected chi connectivity index (χ1v) is 8.11. The number of hydrogen-bond donors (Lipinski definition) is 1. The normalized spacial score (nSPS) is 16.4. The molecular weight excluding hydrogens is 293 g/mol. The summed E-state index contributed by atoms with van der Waals surface area (Å²) in [5.41, 5.74) is 1.27. The number of rotatable bonds is 6. The van der Waals surface area contributed by atoms with Gasteiger partial charge < -0.3 is 9.84 Å². The van der Waals surface area contributed by atoms with Crippen LogP contribution in [0.15, 0.2) is 48.5 Å². The minimum absolute atomic E-state index is 0.244. The fourth-order valence-electron chi connectivity index (χ4n) is 2.92. The van der Waals surface area contributed by atoms with E-state index in [1.54, 1.807) is 12.1 Å². The van der Waals surface area contributed by atoms with Gasteiger partial charge in [-0.15, -0.1) is 0 Å². The zero-order valence-electron chi connectivity index (χ0n) is 13.1. The van der Waals surface area contributed by atoms with Crippen molar-refractivity contribution in [3.8, 4) is 5.75 Å². The Bertz CT molecular complexity index is 627. The molecule has 2 aromatic carbocycles. The van der Waals surface area contributed by atoms with Crippen LogP contribution in [0, 0.1) is 5.82 Å². The Labute approximate surface area is 136 Å². The number of aliphatic hydroxyl groups excluding tert-OH is 1. The molecule has 1 heterocycles. The largest absolute Gasteiger partial charge is 0.489 e. The van der Waals surface area contributed by atoms with Gasteiger partial charge in [0.2, 0.25) is 0 Å². The minimum Gasteiger partial charge on any atom is -0.489 e. The van der Waals surface area contributed by atoms with Crippen molar-refractivity contribution in [2.24, 2.45) is 0 Å². The van der Waals surface area contributed by atoms with Gasteiger partial charge in [-0.25, -0.2) is 4.39 Å². The summed E-state index contributed by atoms with van der Waals surface area (Å²) in [5, 5.41) is 10.3. The van der Waals surface area contributed by atoms with Gasteiger partial charge in [-0.3, -0.25) is 4.90 Å². The summed E-state index contributed by atoms with van der Waals surface area (Å²) in [6.45, 7) is 3.52. The molecular formula is C19H22FNO2. The zero-order valence-corrected chi connectivity index (χ0v) is 13.1. The third-order valence-electron chi connectivity index (χ3n) is 4.25. The van der Waals surface area contributed by atoms with Crippen molar-refractivity contribution in [3.63, 3.8) is 0 Å². The van der Waals surface area contributed by atoms with Crippen molar-refractivity contribution in [3.05, 3.63) is 65.5 Å². The number of likely N-dealkylation sites (tertiary alicyclic amines) is 1. The van der Waals surface area contributed by atoms with Crippen molar-refractivity contribution in [2.75, 3.05) is 26.2 Å². The molecule has 122 valence electrons. The molecule has 0 aromatic heterocycles. The predicted octanol–water partition coefficient (Wildman–Crippen LogP) is 3.38. The maximum absolute atomic E-state index is 14.2. The van der Waals surface area contributed by atoms with E-state index in [4.69, 9.17) is 4.74 Å². The van der Waals surface area contributed by atoms with Gasteiger partial charge >= 0.3 is 0 Å². The molecule has 3 rings (SSSR count). The first-order chi connectivity index (χ1) is 11.2. The highest BCUT2D eigenvalue weighted by Gasteiger charge is 2.14. The molecule has 23 heavy (non-hydrogen) atoms. The Morgan fingerprint density at radius 2 is 1.78 bits per heavy atom. The van der Waals surface area contributed by atoms with Gasteiger partial charge in [0.15, 0.2) is 11.6 Å². The Morgan fingerprint density at radius 1 is 1.04 bits per heavy atom. The van der Waals surface area contributed by atoms with E-state index in [0.717, 1.165) is 25.2 Å². The average molecular weight is 315 g/mol. The molecule has 0 aliphatic carbocycles. The summed E-state index contributed by atoms with van der Waals surface area (Å²) in [5.74, 6) is -0.188. The van der Waals surface area contributed by atoms with E-state index >= 15 is 0 Å². The molecule has 0 saturated carbocycles. The lowest BCUT2D eigenvalue weighted by Crippen LogP contribution is -2.25. The van der Waals surface area contributed by atoms with Crippen molar-refractivity contribution < 1.29 is 14.2 Å². The van der Waals surface area contributed by atoms with Crippen LogP contribution in [0.2, 0.25) is 0 Å². The number of ether oxygens (including phenoxy) is 1. The predicted molar refractivity (Wildman–Crippen MR) is 88.1 cm³/mol. The average Bonchev–Trinajstić information content (AvgIpc) is 3.10. The first kappa shape index (κ1) is 16.0. The van der Waals surface area contributed by atoms with Crippen LogP contribution in [0.1, 0.15) is 30.1 Å². The van der Waals surface area contributed by atoms with Crippen molar-refractivity contribution >= 4 is 0 Å². The highest BCUT2D eigenvalue weighted by molar-refractivity contribution is 5.35. The first-order valence-electron chi connectivity index (χ1n) is 8.11. The summed E-state index contributed by atoms with van der Waals surface area (Å²) in [4.78, 5) is 2.32. The standard InChI is InChI=1S/C19H22FNO2/c20-17-14-16(19(22)15-6-2-1-3-7-15)8-9-18(17)23-13-12-21-10-4-5-11-21/h1-3,6-9,14,19,22H,4-5,10-13H2. The smallest absolute Gasteiger partial charge is 0.165 e. The second kappa shape index (κ2) is 7.57. The van der Waals surface area contributed by atoms with Crippen LogP contribution >= 0.6 is 0 Å². The van der Waals surface area contributed by atoms with E-state index in [0.29, 0.717) is 12.2 Å². The fraction of sp³-hybridized carbons (Fsp3) is 0.368. The van der Waals surface area contributed by atoms with Gasteiger partial charge in [0.1, 0.15) is 12.7 Å². The summed E-state index contributed by atoms with van der Waals surface area (Å²) in [7, 11) is 0. The highest BCUT2D eigenvalue weighted by Crippen LogP contribution is 2.26. The Balaban J connectivity index is 1.61. The van der Waals surface area contributed by atoms with Crippen LogP contribution in [0.4, 0.5) is 4.39 Å². The lowest BCUT2D eigenvalue weighted by Gasteiger charge is -2.16. The topological polar surface area (TPSA) is 32.7 Å². The molecule has 1 aliphatic rings. The Kier molecular flexibility index (Phi) is 5.26. The summed E-state index contributed by atoms with van der Waals surface area (Å²) in [6.07, 6.45) is 1.64. The lowest BCUT2D eigenvalue weighted by atomic mass is 10.0. The molecule has 1 fully saturated rings. The van der Waals surface area contributed by atoms with E-state index in [1.807, 2.05) is 30.3 Å². The molecule has 1 saturated heterocycles. The maximum atomic E-state index is 14.2. The summed E-state index contributed by atoms with van der Waals surface area (Å²) in [6, 6.07) is 13.9. The van der Waals surface area contributed by atoms with Crippen molar-refractivity contribution in [1.29, 1.82) is 0 Å². The van der Waals surface area contributed by atoms with Crippen LogP contribution in [-0.2, 0) is 0 Å². The SMILES string of the molecule is OC(c1ccccc1)c1ccc(OCCN2CCCC2)c(F)c1. The second-order valence-corrected chi connectivity index (χ2v) is 5.90. The lowest BCUT2D eigenvalue weighted by molar-refractivity contribution is 0.217. The van der Waals surface area contributed by atoms with E-state index in [1.165, 1.54) is 18.9 Å². The molecule has 1 atom stereocenters. The highest BCUT2D eigenvalue weighted by atomic mass is 19.1. The Hall–Kier alpha value is -1.91. The van der Waals surface area contributed by atoms with Crippen molar-refractivity contribution in [1.82, 2.24) is 4.90 Å². The molecule has 0 spiro atoms. The summed E-state index contributed by atoms with van der Waals surface area (Å²) >= 11 is 0. The molecule has 2 aromatic rings. The van der Waals surface area contributed by atoms with Crippen LogP contribution in [0.3, 0.4) is 0 Å². The molecule has 0 bridgehead atoms. The maximum Gasteiger partial charge on any atom is 0.165 e. The Morgan fingerprint density at radius 3 is 2.48 bits per heavy atom. The van der Waals surface area contributed by atoms with E-state index in [9.17, 15) is 9.50 Å². The molecule has 1 aliphatic heterocycles. The van der Waals surface area contributed by atoms with Gasteiger partial charge in [0.05, 0.1) is 0 Å². The van der Waals surface area contributed by atoms with Crippen LogP contribution in [-0.4, -0.2) is 36.2 Å². The molecule has 0 amide bonds. The van der Waals surface area contributed by atoms with Gasteiger partial charge in [-0.1, -0.05) is 36.4 Å². The monoisotopic (exact) mass is 315 g/mol. The number of aliphatic hydroxyl groups is 1. The van der Waals surface area contributed by atoms with Gasteiger partial charge in [0, 0.05) is 6.54 Å². The minimum atomic E-state index is -0.829. The van der Waals surface area contributed by atoms with E-state index in [-0.39, 0.29) is 5.75 Å².